The van der Waals surface area contributed by atoms with Crippen LogP contribution in [0, 0.1) is 13.8 Å². The zero-order valence-electron chi connectivity index (χ0n) is 12.5. The SMILES string of the molecule is COc1ccc(C(Cl)c2cc(C)c(C)cc2Cl)cc1OC. The topological polar surface area (TPSA) is 18.5 Å². The average Bonchev–Trinajstić information content (AvgIpc) is 2.49. The first-order valence-corrected chi connectivity index (χ1v) is 7.42. The highest BCUT2D eigenvalue weighted by Crippen LogP contribution is 2.38. The molecule has 4 heteroatoms. The van der Waals surface area contributed by atoms with E-state index >= 15 is 0 Å². The molecule has 1 atom stereocenters. The van der Waals surface area contributed by atoms with Crippen LogP contribution in [-0.4, -0.2) is 14.2 Å². The summed E-state index contributed by atoms with van der Waals surface area (Å²) in [6.07, 6.45) is 0. The van der Waals surface area contributed by atoms with Crippen molar-refractivity contribution in [2.45, 2.75) is 19.2 Å². The Kier molecular flexibility index (Phi) is 5.02. The number of alkyl halides is 1. The molecule has 0 bridgehead atoms. The first kappa shape index (κ1) is 16.0. The number of benzene rings is 2. The molecule has 112 valence electrons. The Hall–Kier alpha value is -1.38. The first-order valence-electron chi connectivity index (χ1n) is 6.60. The molecule has 2 aromatic carbocycles. The predicted molar refractivity (Wildman–Crippen MR) is 88.2 cm³/mol. The van der Waals surface area contributed by atoms with Gasteiger partial charge in [0.15, 0.2) is 11.5 Å². The van der Waals surface area contributed by atoms with E-state index in [4.69, 9.17) is 32.7 Å². The number of hydrogen-bond acceptors (Lipinski definition) is 2. The molecule has 1 unspecified atom stereocenters. The Morgan fingerprint density at radius 3 is 2.14 bits per heavy atom. The average molecular weight is 325 g/mol. The fourth-order valence-corrected chi connectivity index (χ4v) is 2.89. The van der Waals surface area contributed by atoms with E-state index in [0.29, 0.717) is 16.5 Å². The van der Waals surface area contributed by atoms with Crippen LogP contribution in [0.15, 0.2) is 30.3 Å². The van der Waals surface area contributed by atoms with Crippen molar-refractivity contribution in [1.82, 2.24) is 0 Å². The molecule has 0 aliphatic carbocycles. The van der Waals surface area contributed by atoms with Crippen LogP contribution >= 0.6 is 23.2 Å². The third-order valence-corrected chi connectivity index (χ3v) is 4.40. The molecule has 0 aliphatic heterocycles. The van der Waals surface area contributed by atoms with Crippen LogP contribution in [0.4, 0.5) is 0 Å². The van der Waals surface area contributed by atoms with Gasteiger partial charge in [-0.15, -0.1) is 11.6 Å². The van der Waals surface area contributed by atoms with Gasteiger partial charge in [-0.2, -0.15) is 0 Å². The number of methoxy groups -OCH3 is 2. The van der Waals surface area contributed by atoms with Crippen molar-refractivity contribution < 1.29 is 9.47 Å². The second kappa shape index (κ2) is 6.59. The van der Waals surface area contributed by atoms with Gasteiger partial charge in [-0.05, 0) is 54.3 Å². The quantitative estimate of drug-likeness (QED) is 0.710. The van der Waals surface area contributed by atoms with Gasteiger partial charge in [0.1, 0.15) is 0 Å². The molecule has 0 saturated heterocycles. The van der Waals surface area contributed by atoms with E-state index in [0.717, 1.165) is 16.7 Å². The largest absolute Gasteiger partial charge is 0.493 e. The van der Waals surface area contributed by atoms with E-state index in [1.807, 2.05) is 44.2 Å². The number of ether oxygens (including phenoxy) is 2. The van der Waals surface area contributed by atoms with E-state index in [1.54, 1.807) is 14.2 Å². The van der Waals surface area contributed by atoms with Gasteiger partial charge in [-0.3, -0.25) is 0 Å². The number of rotatable bonds is 4. The van der Waals surface area contributed by atoms with Gasteiger partial charge in [0.2, 0.25) is 0 Å². The Morgan fingerprint density at radius 2 is 1.52 bits per heavy atom. The van der Waals surface area contributed by atoms with E-state index < -0.39 is 0 Å². The van der Waals surface area contributed by atoms with E-state index in [-0.39, 0.29) is 5.38 Å². The monoisotopic (exact) mass is 324 g/mol. The molecular formula is C17H18Cl2O2. The molecule has 0 heterocycles. The van der Waals surface area contributed by atoms with E-state index in [2.05, 4.69) is 0 Å². The lowest BCUT2D eigenvalue weighted by molar-refractivity contribution is 0.354. The molecule has 21 heavy (non-hydrogen) atoms. The molecule has 0 saturated carbocycles. The van der Waals surface area contributed by atoms with E-state index in [9.17, 15) is 0 Å². The standard InChI is InChI=1S/C17H18Cl2O2/c1-10-7-13(14(18)8-11(10)2)17(19)12-5-6-15(20-3)16(9-12)21-4/h5-9,17H,1-4H3. The molecule has 0 amide bonds. The highest BCUT2D eigenvalue weighted by Gasteiger charge is 2.17. The highest BCUT2D eigenvalue weighted by atomic mass is 35.5. The highest BCUT2D eigenvalue weighted by molar-refractivity contribution is 6.33. The third kappa shape index (κ3) is 3.28. The second-order valence-corrected chi connectivity index (χ2v) is 5.78. The van der Waals surface area contributed by atoms with Gasteiger partial charge < -0.3 is 9.47 Å². The van der Waals surface area contributed by atoms with Crippen molar-refractivity contribution in [3.05, 3.63) is 57.6 Å². The summed E-state index contributed by atoms with van der Waals surface area (Å²) in [7, 11) is 3.21. The number of halogens is 2. The lowest BCUT2D eigenvalue weighted by atomic mass is 9.99. The van der Waals surface area contributed by atoms with Crippen LogP contribution in [-0.2, 0) is 0 Å². The summed E-state index contributed by atoms with van der Waals surface area (Å²) in [5, 5.41) is 0.337. The first-order chi connectivity index (χ1) is 9.97. The smallest absolute Gasteiger partial charge is 0.161 e. The number of hydrogen-bond donors (Lipinski definition) is 0. The molecule has 0 radical (unpaired) electrons. The van der Waals surface area contributed by atoms with Crippen molar-refractivity contribution in [2.75, 3.05) is 14.2 Å². The summed E-state index contributed by atoms with van der Waals surface area (Å²) in [5.41, 5.74) is 4.13. The van der Waals surface area contributed by atoms with Crippen LogP contribution in [0.1, 0.15) is 27.6 Å². The predicted octanol–water partition coefficient (Wildman–Crippen LogP) is 5.30. The summed E-state index contributed by atoms with van der Waals surface area (Å²) in [6.45, 7) is 4.08. The maximum atomic E-state index is 6.60. The third-order valence-electron chi connectivity index (χ3n) is 3.59. The number of aryl methyl sites for hydroxylation is 2. The molecule has 2 aromatic rings. The lowest BCUT2D eigenvalue weighted by Crippen LogP contribution is -1.98. The molecule has 0 aromatic heterocycles. The van der Waals surface area contributed by atoms with Crippen LogP contribution < -0.4 is 9.47 Å². The minimum Gasteiger partial charge on any atom is -0.493 e. The zero-order chi connectivity index (χ0) is 15.6. The van der Waals surface area contributed by atoms with Gasteiger partial charge in [-0.25, -0.2) is 0 Å². The fraction of sp³-hybridized carbons (Fsp3) is 0.294. The minimum atomic E-state index is -0.336. The molecular weight excluding hydrogens is 307 g/mol. The van der Waals surface area contributed by atoms with Gasteiger partial charge in [-0.1, -0.05) is 23.7 Å². The lowest BCUT2D eigenvalue weighted by Gasteiger charge is -2.16. The van der Waals surface area contributed by atoms with Crippen LogP contribution in [0.5, 0.6) is 11.5 Å². The normalized spacial score (nSPS) is 12.1. The van der Waals surface area contributed by atoms with Crippen molar-refractivity contribution >= 4 is 23.2 Å². The second-order valence-electron chi connectivity index (χ2n) is 4.93. The van der Waals surface area contributed by atoms with E-state index in [1.165, 1.54) is 5.56 Å². The molecule has 2 rings (SSSR count). The van der Waals surface area contributed by atoms with Crippen LogP contribution in [0.3, 0.4) is 0 Å². The molecule has 0 N–H and O–H groups in total. The van der Waals surface area contributed by atoms with Gasteiger partial charge in [0.05, 0.1) is 19.6 Å². The van der Waals surface area contributed by atoms with Gasteiger partial charge in [0.25, 0.3) is 0 Å². The Bertz CT molecular complexity index is 653. The molecule has 0 fully saturated rings. The van der Waals surface area contributed by atoms with Crippen LogP contribution in [0.2, 0.25) is 5.02 Å². The Labute approximate surface area is 135 Å². The zero-order valence-corrected chi connectivity index (χ0v) is 14.0. The maximum absolute atomic E-state index is 6.60. The van der Waals surface area contributed by atoms with Crippen LogP contribution in [0.25, 0.3) is 0 Å². The maximum Gasteiger partial charge on any atom is 0.161 e. The summed E-state index contributed by atoms with van der Waals surface area (Å²) in [4.78, 5) is 0. The van der Waals surface area contributed by atoms with Crippen molar-refractivity contribution in [3.8, 4) is 11.5 Å². The van der Waals surface area contributed by atoms with Gasteiger partial charge in [0, 0.05) is 5.02 Å². The summed E-state index contributed by atoms with van der Waals surface area (Å²) in [5.74, 6) is 1.33. The Morgan fingerprint density at radius 1 is 0.905 bits per heavy atom. The van der Waals surface area contributed by atoms with Crippen molar-refractivity contribution in [3.63, 3.8) is 0 Å². The molecule has 0 aliphatic rings. The molecule has 0 spiro atoms. The summed E-state index contributed by atoms with van der Waals surface area (Å²) in [6, 6.07) is 9.62. The van der Waals surface area contributed by atoms with Crippen molar-refractivity contribution in [2.24, 2.45) is 0 Å². The minimum absolute atomic E-state index is 0.336. The fourth-order valence-electron chi connectivity index (χ4n) is 2.19. The summed E-state index contributed by atoms with van der Waals surface area (Å²) >= 11 is 12.9. The van der Waals surface area contributed by atoms with Gasteiger partial charge >= 0.3 is 0 Å². The summed E-state index contributed by atoms with van der Waals surface area (Å²) < 4.78 is 10.6. The Balaban J connectivity index is 2.45. The molecule has 2 nitrogen and oxygen atoms in total. The van der Waals surface area contributed by atoms with Crippen molar-refractivity contribution in [1.29, 1.82) is 0 Å².